The quantitative estimate of drug-likeness (QED) is 0.122. The van der Waals surface area contributed by atoms with Gasteiger partial charge in [0, 0.05) is 0 Å². The van der Waals surface area contributed by atoms with Crippen LogP contribution in [-0.4, -0.2) is 39.7 Å². The van der Waals surface area contributed by atoms with Crippen LogP contribution >= 0.6 is 0 Å². The summed E-state index contributed by atoms with van der Waals surface area (Å²) in [5, 5.41) is 3.82. The second-order valence-corrected chi connectivity index (χ2v) is 9.88. The van der Waals surface area contributed by atoms with Gasteiger partial charge in [-0.2, -0.15) is 5.10 Å². The number of nitrogens with zero attached hydrogens (tertiary/aromatic N) is 1. The molecule has 0 unspecified atom stereocenters. The molecule has 37 heavy (non-hydrogen) atoms. The van der Waals surface area contributed by atoms with Crippen molar-refractivity contribution in [2.75, 3.05) is 13.2 Å². The highest BCUT2D eigenvalue weighted by Gasteiger charge is 2.15. The third-order valence-corrected chi connectivity index (χ3v) is 6.52. The first kappa shape index (κ1) is 27.6. The molecule has 0 aromatic heterocycles. The van der Waals surface area contributed by atoms with Gasteiger partial charge in [0.05, 0.1) is 29.8 Å². The molecule has 0 atom stereocenters. The number of amides is 1. The predicted molar refractivity (Wildman–Crippen MR) is 140 cm³/mol. The predicted octanol–water partition coefficient (Wildman–Crippen LogP) is 3.82. The molecule has 9 nitrogen and oxygen atoms in total. The average molecular weight is 524 g/mol. The Kier molecular flexibility index (Phi) is 9.93. The Labute approximate surface area is 216 Å². The van der Waals surface area contributed by atoms with Gasteiger partial charge in [0.2, 0.25) is 10.0 Å². The number of hydrogen-bond donors (Lipinski definition) is 2. The average Bonchev–Trinajstić information content (AvgIpc) is 2.89. The molecule has 3 rings (SSSR count). The summed E-state index contributed by atoms with van der Waals surface area (Å²) >= 11 is 0. The largest absolute Gasteiger partial charge is 0.494 e. The topological polar surface area (TPSA) is 123 Å². The molecule has 0 aliphatic rings. The summed E-state index contributed by atoms with van der Waals surface area (Å²) in [5.74, 6) is -0.0782. The minimum Gasteiger partial charge on any atom is -0.494 e. The van der Waals surface area contributed by atoms with Crippen LogP contribution in [0.3, 0.4) is 0 Å². The molecule has 0 aliphatic carbocycles. The third kappa shape index (κ3) is 8.85. The molecule has 1 amide bonds. The van der Waals surface area contributed by atoms with Crippen LogP contribution in [0.25, 0.3) is 0 Å². The summed E-state index contributed by atoms with van der Waals surface area (Å²) in [6.45, 7) is 4.10. The van der Waals surface area contributed by atoms with E-state index in [1.165, 1.54) is 18.3 Å². The third-order valence-electron chi connectivity index (χ3n) is 5.10. The fourth-order valence-corrected chi connectivity index (χ4v) is 3.97. The van der Waals surface area contributed by atoms with Gasteiger partial charge in [0.15, 0.2) is 0 Å². The smallest absolute Gasteiger partial charge is 0.343 e. The Morgan fingerprint density at radius 1 is 0.919 bits per heavy atom. The van der Waals surface area contributed by atoms with Crippen LogP contribution in [0.5, 0.6) is 11.5 Å². The lowest BCUT2D eigenvalue weighted by molar-refractivity contribution is -0.119. The first-order valence-electron chi connectivity index (χ1n) is 11.7. The van der Waals surface area contributed by atoms with Crippen LogP contribution in [0.2, 0.25) is 0 Å². The Morgan fingerprint density at radius 2 is 1.57 bits per heavy atom. The fraction of sp³-hybridized carbons (Fsp3) is 0.222. The van der Waals surface area contributed by atoms with E-state index < -0.39 is 28.4 Å². The van der Waals surface area contributed by atoms with Crippen LogP contribution in [-0.2, 0) is 14.8 Å². The van der Waals surface area contributed by atoms with Crippen molar-refractivity contribution in [1.29, 1.82) is 0 Å². The van der Waals surface area contributed by atoms with Crippen molar-refractivity contribution in [1.82, 2.24) is 10.1 Å². The van der Waals surface area contributed by atoms with Crippen molar-refractivity contribution in [3.63, 3.8) is 0 Å². The fourth-order valence-electron chi connectivity index (χ4n) is 2.99. The van der Waals surface area contributed by atoms with E-state index in [1.807, 2.05) is 6.92 Å². The van der Waals surface area contributed by atoms with Gasteiger partial charge in [0.1, 0.15) is 11.5 Å². The van der Waals surface area contributed by atoms with E-state index in [1.54, 1.807) is 60.7 Å². The lowest BCUT2D eigenvalue weighted by Crippen LogP contribution is -2.34. The number of aryl methyl sites for hydroxylation is 1. The summed E-state index contributed by atoms with van der Waals surface area (Å²) in [5.41, 5.74) is 4.22. The number of esters is 1. The lowest BCUT2D eigenvalue weighted by Gasteiger charge is -2.07. The molecule has 3 aromatic carbocycles. The molecule has 194 valence electrons. The Balaban J connectivity index is 1.45. The van der Waals surface area contributed by atoms with Gasteiger partial charge in [-0.25, -0.2) is 23.4 Å². The molecule has 0 radical (unpaired) electrons. The summed E-state index contributed by atoms with van der Waals surface area (Å²) in [7, 11) is -3.80. The van der Waals surface area contributed by atoms with Gasteiger partial charge >= 0.3 is 5.97 Å². The minimum atomic E-state index is -3.80. The SMILES string of the molecule is CCCCOc1ccc(C(=O)Oc2ccc(/C=N\NC(=O)CNS(=O)(=O)c3ccc(C)cc3)cc2)cc1. The maximum absolute atomic E-state index is 12.4. The number of sulfonamides is 1. The first-order chi connectivity index (χ1) is 17.8. The monoisotopic (exact) mass is 523 g/mol. The summed E-state index contributed by atoms with van der Waals surface area (Å²) in [6, 6.07) is 19.5. The molecule has 0 fully saturated rings. The number of hydrogen-bond acceptors (Lipinski definition) is 7. The van der Waals surface area contributed by atoms with Crippen molar-refractivity contribution in [2.24, 2.45) is 5.10 Å². The van der Waals surface area contributed by atoms with Gasteiger partial charge in [-0.1, -0.05) is 31.0 Å². The first-order valence-corrected chi connectivity index (χ1v) is 13.2. The molecular weight excluding hydrogens is 494 g/mol. The standard InChI is InChI=1S/C27H29N3O6S/c1-3-4-17-35-23-13-9-22(10-14-23)27(32)36-24-11-7-21(8-12-24)18-28-30-26(31)19-29-37(33,34)25-15-5-20(2)6-16-25/h5-16,18,29H,3-4,17,19H2,1-2H3,(H,30,31)/b28-18-. The lowest BCUT2D eigenvalue weighted by atomic mass is 10.2. The van der Waals surface area contributed by atoms with Crippen LogP contribution in [0, 0.1) is 6.92 Å². The summed E-state index contributed by atoms with van der Waals surface area (Å²) in [4.78, 5) is 24.4. The van der Waals surface area contributed by atoms with Gasteiger partial charge in [-0.15, -0.1) is 0 Å². The van der Waals surface area contributed by atoms with Crippen molar-refractivity contribution < 1.29 is 27.5 Å². The highest BCUT2D eigenvalue weighted by molar-refractivity contribution is 7.89. The molecule has 10 heteroatoms. The zero-order chi connectivity index (χ0) is 26.7. The second kappa shape index (κ2) is 13.3. The number of carbonyl (C=O) groups excluding carboxylic acids is 2. The molecular formula is C27H29N3O6S. The zero-order valence-corrected chi connectivity index (χ0v) is 21.5. The Bertz CT molecular complexity index is 1320. The van der Waals surface area contributed by atoms with E-state index in [0.717, 1.165) is 18.4 Å². The van der Waals surface area contributed by atoms with Crippen LogP contribution < -0.4 is 19.6 Å². The zero-order valence-electron chi connectivity index (χ0n) is 20.6. The number of hydrazone groups is 1. The van der Waals surface area contributed by atoms with Crippen LogP contribution in [0.15, 0.2) is 82.8 Å². The van der Waals surface area contributed by atoms with Crippen molar-refractivity contribution >= 4 is 28.1 Å². The normalized spacial score (nSPS) is 11.3. The molecule has 3 aromatic rings. The van der Waals surface area contributed by atoms with Crippen molar-refractivity contribution in [3.05, 3.63) is 89.5 Å². The van der Waals surface area contributed by atoms with Gasteiger partial charge in [0.25, 0.3) is 5.91 Å². The van der Waals surface area contributed by atoms with E-state index in [0.29, 0.717) is 29.2 Å². The number of benzene rings is 3. The molecule has 2 N–H and O–H groups in total. The highest BCUT2D eigenvalue weighted by Crippen LogP contribution is 2.17. The van der Waals surface area contributed by atoms with Crippen LogP contribution in [0.4, 0.5) is 0 Å². The van der Waals surface area contributed by atoms with Crippen molar-refractivity contribution in [2.45, 2.75) is 31.6 Å². The molecule has 0 aliphatic heterocycles. The minimum absolute atomic E-state index is 0.0728. The van der Waals surface area contributed by atoms with Crippen molar-refractivity contribution in [3.8, 4) is 11.5 Å². The molecule has 0 bridgehead atoms. The molecule has 0 saturated carbocycles. The number of unbranched alkanes of at least 4 members (excludes halogenated alkanes) is 1. The number of rotatable bonds is 12. The van der Waals surface area contributed by atoms with E-state index in [2.05, 4.69) is 22.2 Å². The van der Waals surface area contributed by atoms with Gasteiger partial charge in [-0.05, 0) is 79.6 Å². The Morgan fingerprint density at radius 3 is 2.22 bits per heavy atom. The van der Waals surface area contributed by atoms with E-state index >= 15 is 0 Å². The molecule has 0 saturated heterocycles. The second-order valence-electron chi connectivity index (χ2n) is 8.12. The van der Waals surface area contributed by atoms with E-state index in [9.17, 15) is 18.0 Å². The van der Waals surface area contributed by atoms with E-state index in [-0.39, 0.29) is 4.90 Å². The molecule has 0 heterocycles. The maximum Gasteiger partial charge on any atom is 0.343 e. The Hall–Kier alpha value is -4.02. The molecule has 0 spiro atoms. The summed E-state index contributed by atoms with van der Waals surface area (Å²) in [6.07, 6.45) is 3.39. The summed E-state index contributed by atoms with van der Waals surface area (Å²) < 4.78 is 37.7. The van der Waals surface area contributed by atoms with E-state index in [4.69, 9.17) is 9.47 Å². The number of carbonyl (C=O) groups is 2. The highest BCUT2D eigenvalue weighted by atomic mass is 32.2. The number of ether oxygens (including phenoxy) is 2. The van der Waals surface area contributed by atoms with Gasteiger partial charge < -0.3 is 9.47 Å². The maximum atomic E-state index is 12.4. The van der Waals surface area contributed by atoms with Crippen LogP contribution in [0.1, 0.15) is 41.3 Å². The number of nitrogens with one attached hydrogen (secondary N) is 2. The van der Waals surface area contributed by atoms with Gasteiger partial charge in [-0.3, -0.25) is 4.79 Å².